The van der Waals surface area contributed by atoms with E-state index >= 15 is 0 Å². The first kappa shape index (κ1) is 19.0. The van der Waals surface area contributed by atoms with Crippen molar-refractivity contribution < 1.29 is 9.53 Å². The Hall–Kier alpha value is -2.04. The highest BCUT2D eigenvalue weighted by atomic mass is 35.5. The SMILES string of the molecule is CC(N)C(C)C(=O)NCc1cccc(Oc2ccccc2)c1.Cl. The van der Waals surface area contributed by atoms with Crippen LogP contribution in [0.5, 0.6) is 11.5 Å². The first-order chi connectivity index (χ1) is 10.6. The first-order valence-corrected chi connectivity index (χ1v) is 7.41. The fourth-order valence-electron chi connectivity index (χ4n) is 1.93. The third-order valence-corrected chi connectivity index (χ3v) is 3.55. The summed E-state index contributed by atoms with van der Waals surface area (Å²) in [5.74, 6) is 1.29. The van der Waals surface area contributed by atoms with Gasteiger partial charge in [-0.3, -0.25) is 4.79 Å². The minimum atomic E-state index is -0.205. The Labute approximate surface area is 143 Å². The van der Waals surface area contributed by atoms with Crippen LogP contribution in [0.3, 0.4) is 0 Å². The molecule has 0 saturated carbocycles. The van der Waals surface area contributed by atoms with Crippen LogP contribution in [0.25, 0.3) is 0 Å². The molecule has 0 bridgehead atoms. The minimum absolute atomic E-state index is 0. The molecule has 0 aliphatic rings. The smallest absolute Gasteiger partial charge is 0.224 e. The number of hydrogen-bond donors (Lipinski definition) is 2. The molecule has 5 heteroatoms. The topological polar surface area (TPSA) is 64.4 Å². The second-order valence-corrected chi connectivity index (χ2v) is 5.43. The molecule has 0 heterocycles. The lowest BCUT2D eigenvalue weighted by atomic mass is 10.0. The highest BCUT2D eigenvalue weighted by Crippen LogP contribution is 2.21. The molecule has 1 amide bonds. The molecule has 0 aliphatic carbocycles. The van der Waals surface area contributed by atoms with Crippen LogP contribution < -0.4 is 15.8 Å². The summed E-state index contributed by atoms with van der Waals surface area (Å²) in [5.41, 5.74) is 6.72. The van der Waals surface area contributed by atoms with Gasteiger partial charge in [-0.1, -0.05) is 37.3 Å². The molecule has 2 rings (SSSR count). The van der Waals surface area contributed by atoms with Gasteiger partial charge in [-0.05, 0) is 36.8 Å². The Morgan fingerprint density at radius 2 is 1.74 bits per heavy atom. The fraction of sp³-hybridized carbons (Fsp3) is 0.278. The van der Waals surface area contributed by atoms with Crippen LogP contribution in [0.15, 0.2) is 54.6 Å². The predicted octanol–water partition coefficient (Wildman–Crippen LogP) is 3.50. The number of carbonyl (C=O) groups excluding carboxylic acids is 1. The van der Waals surface area contributed by atoms with E-state index in [1.54, 1.807) is 0 Å². The van der Waals surface area contributed by atoms with Crippen molar-refractivity contribution in [3.63, 3.8) is 0 Å². The van der Waals surface area contributed by atoms with Gasteiger partial charge in [0.1, 0.15) is 11.5 Å². The highest BCUT2D eigenvalue weighted by Gasteiger charge is 2.16. The van der Waals surface area contributed by atoms with Crippen LogP contribution in [0.4, 0.5) is 0 Å². The zero-order valence-corrected chi connectivity index (χ0v) is 14.2. The summed E-state index contributed by atoms with van der Waals surface area (Å²) < 4.78 is 5.78. The molecule has 0 fully saturated rings. The second-order valence-electron chi connectivity index (χ2n) is 5.43. The van der Waals surface area contributed by atoms with Crippen molar-refractivity contribution in [1.82, 2.24) is 5.32 Å². The van der Waals surface area contributed by atoms with Gasteiger partial charge >= 0.3 is 0 Å². The molecule has 2 atom stereocenters. The largest absolute Gasteiger partial charge is 0.457 e. The molecular formula is C18H23ClN2O2. The average Bonchev–Trinajstić information content (AvgIpc) is 2.53. The molecule has 124 valence electrons. The van der Waals surface area contributed by atoms with Crippen molar-refractivity contribution >= 4 is 18.3 Å². The van der Waals surface area contributed by atoms with Gasteiger partial charge in [0, 0.05) is 18.5 Å². The molecule has 2 aromatic rings. The zero-order valence-electron chi connectivity index (χ0n) is 13.4. The zero-order chi connectivity index (χ0) is 15.9. The van der Waals surface area contributed by atoms with Gasteiger partial charge in [0.15, 0.2) is 0 Å². The Bertz CT molecular complexity index is 617. The van der Waals surface area contributed by atoms with Gasteiger partial charge in [-0.2, -0.15) is 0 Å². The molecule has 0 aromatic heterocycles. The maximum absolute atomic E-state index is 11.9. The van der Waals surface area contributed by atoms with Crippen LogP contribution in [0.2, 0.25) is 0 Å². The molecule has 0 spiro atoms. The Kier molecular flexibility index (Phi) is 7.59. The van der Waals surface area contributed by atoms with Crippen LogP contribution in [0.1, 0.15) is 19.4 Å². The maximum Gasteiger partial charge on any atom is 0.224 e. The van der Waals surface area contributed by atoms with Gasteiger partial charge in [-0.15, -0.1) is 12.4 Å². The molecular weight excluding hydrogens is 312 g/mol. The van der Waals surface area contributed by atoms with E-state index in [-0.39, 0.29) is 30.3 Å². The van der Waals surface area contributed by atoms with Gasteiger partial charge in [0.25, 0.3) is 0 Å². The summed E-state index contributed by atoms with van der Waals surface area (Å²) in [7, 11) is 0. The van der Waals surface area contributed by atoms with E-state index in [1.165, 1.54) is 0 Å². The Morgan fingerprint density at radius 3 is 2.39 bits per heavy atom. The summed E-state index contributed by atoms with van der Waals surface area (Å²) in [5, 5.41) is 2.90. The van der Waals surface area contributed by atoms with E-state index in [0.29, 0.717) is 6.54 Å². The number of benzene rings is 2. The van der Waals surface area contributed by atoms with Crippen molar-refractivity contribution in [2.24, 2.45) is 11.7 Å². The lowest BCUT2D eigenvalue weighted by Crippen LogP contribution is -2.38. The van der Waals surface area contributed by atoms with Crippen molar-refractivity contribution in [1.29, 1.82) is 0 Å². The van der Waals surface area contributed by atoms with Crippen molar-refractivity contribution in [2.45, 2.75) is 26.4 Å². The monoisotopic (exact) mass is 334 g/mol. The predicted molar refractivity (Wildman–Crippen MR) is 94.9 cm³/mol. The average molecular weight is 335 g/mol. The first-order valence-electron chi connectivity index (χ1n) is 7.41. The van der Waals surface area contributed by atoms with Crippen molar-refractivity contribution in [3.8, 4) is 11.5 Å². The third kappa shape index (κ3) is 5.93. The van der Waals surface area contributed by atoms with Gasteiger partial charge in [0.2, 0.25) is 5.91 Å². The fourth-order valence-corrected chi connectivity index (χ4v) is 1.93. The number of ether oxygens (including phenoxy) is 1. The molecule has 0 radical (unpaired) electrons. The number of hydrogen-bond acceptors (Lipinski definition) is 3. The number of para-hydroxylation sites is 1. The normalized spacial score (nSPS) is 12.7. The molecule has 2 aromatic carbocycles. The van der Waals surface area contributed by atoms with Crippen LogP contribution in [0, 0.1) is 5.92 Å². The molecule has 23 heavy (non-hydrogen) atoms. The molecule has 0 saturated heterocycles. The minimum Gasteiger partial charge on any atom is -0.457 e. The maximum atomic E-state index is 11.9. The Balaban J connectivity index is 0.00000264. The third-order valence-electron chi connectivity index (χ3n) is 3.55. The lowest BCUT2D eigenvalue weighted by molar-refractivity contribution is -0.125. The van der Waals surface area contributed by atoms with Crippen LogP contribution in [-0.4, -0.2) is 11.9 Å². The molecule has 4 nitrogen and oxygen atoms in total. The van der Waals surface area contributed by atoms with Crippen molar-refractivity contribution in [2.75, 3.05) is 0 Å². The van der Waals surface area contributed by atoms with E-state index in [1.807, 2.05) is 68.4 Å². The molecule has 0 aliphatic heterocycles. The van der Waals surface area contributed by atoms with Crippen LogP contribution in [-0.2, 0) is 11.3 Å². The number of carbonyl (C=O) groups is 1. The number of nitrogens with one attached hydrogen (secondary N) is 1. The van der Waals surface area contributed by atoms with E-state index in [4.69, 9.17) is 10.5 Å². The van der Waals surface area contributed by atoms with E-state index in [0.717, 1.165) is 17.1 Å². The standard InChI is InChI=1S/C18H22N2O2.ClH/c1-13(14(2)19)18(21)20-12-15-7-6-10-17(11-15)22-16-8-4-3-5-9-16;/h3-11,13-14H,12,19H2,1-2H3,(H,20,21);1H. The highest BCUT2D eigenvalue weighted by molar-refractivity contribution is 5.85. The Morgan fingerprint density at radius 1 is 1.09 bits per heavy atom. The summed E-state index contributed by atoms with van der Waals surface area (Å²) in [4.78, 5) is 11.9. The number of halogens is 1. The summed E-state index contributed by atoms with van der Waals surface area (Å²) in [6, 6.07) is 17.1. The van der Waals surface area contributed by atoms with E-state index in [2.05, 4.69) is 5.32 Å². The lowest BCUT2D eigenvalue weighted by Gasteiger charge is -2.15. The quantitative estimate of drug-likeness (QED) is 0.849. The van der Waals surface area contributed by atoms with Gasteiger partial charge in [-0.25, -0.2) is 0 Å². The number of rotatable bonds is 6. The van der Waals surface area contributed by atoms with Crippen LogP contribution >= 0.6 is 12.4 Å². The summed E-state index contributed by atoms with van der Waals surface area (Å²) in [6.07, 6.45) is 0. The van der Waals surface area contributed by atoms with Crippen molar-refractivity contribution in [3.05, 3.63) is 60.2 Å². The van der Waals surface area contributed by atoms with Gasteiger partial charge in [0.05, 0.1) is 0 Å². The number of nitrogens with two attached hydrogens (primary N) is 1. The molecule has 2 unspecified atom stereocenters. The van der Waals surface area contributed by atoms with E-state index in [9.17, 15) is 4.79 Å². The molecule has 3 N–H and O–H groups in total. The van der Waals surface area contributed by atoms with E-state index < -0.39 is 0 Å². The summed E-state index contributed by atoms with van der Waals surface area (Å²) in [6.45, 7) is 4.12. The number of amides is 1. The van der Waals surface area contributed by atoms with Gasteiger partial charge < -0.3 is 15.8 Å². The summed E-state index contributed by atoms with van der Waals surface area (Å²) >= 11 is 0. The second kappa shape index (κ2) is 9.18.